The molecule has 0 bridgehead atoms. The summed E-state index contributed by atoms with van der Waals surface area (Å²) in [5.74, 6) is -0.115. The minimum atomic E-state index is -0.857. The van der Waals surface area contributed by atoms with E-state index in [1.807, 2.05) is 19.9 Å². The fourth-order valence-electron chi connectivity index (χ4n) is 3.33. The Bertz CT molecular complexity index is 1020. The second-order valence-corrected chi connectivity index (χ2v) is 7.15. The van der Waals surface area contributed by atoms with Crippen molar-refractivity contribution in [2.75, 3.05) is 13.2 Å². The maximum atomic E-state index is 12.6. The molecule has 2 aromatic heterocycles. The molecule has 2 amide bonds. The zero-order valence-corrected chi connectivity index (χ0v) is 18.0. The molecule has 0 saturated heterocycles. The van der Waals surface area contributed by atoms with E-state index in [9.17, 15) is 14.4 Å². The van der Waals surface area contributed by atoms with Crippen molar-refractivity contribution in [3.8, 4) is 0 Å². The number of rotatable bonds is 8. The highest BCUT2D eigenvalue weighted by Crippen LogP contribution is 2.29. The number of aromatic nitrogens is 2. The third kappa shape index (κ3) is 5.33. The maximum Gasteiger partial charge on any atom is 0.338 e. The first-order valence-electron chi connectivity index (χ1n) is 9.99. The van der Waals surface area contributed by atoms with Gasteiger partial charge in [-0.1, -0.05) is 0 Å². The summed E-state index contributed by atoms with van der Waals surface area (Å²) in [4.78, 5) is 37.1. The summed E-state index contributed by atoms with van der Waals surface area (Å²) >= 11 is 0. The number of furan rings is 1. The molecule has 1 aliphatic heterocycles. The van der Waals surface area contributed by atoms with Crippen molar-refractivity contribution in [1.29, 1.82) is 0 Å². The lowest BCUT2D eigenvalue weighted by molar-refractivity contribution is -0.144. The van der Waals surface area contributed by atoms with Gasteiger partial charge in [-0.3, -0.25) is 9.48 Å². The van der Waals surface area contributed by atoms with Crippen LogP contribution in [-0.4, -0.2) is 41.0 Å². The summed E-state index contributed by atoms with van der Waals surface area (Å²) in [6, 6.07) is 3.92. The fourth-order valence-corrected chi connectivity index (χ4v) is 3.33. The number of nitrogens with zero attached hydrogens (tertiary/aromatic N) is 2. The van der Waals surface area contributed by atoms with Gasteiger partial charge in [0.1, 0.15) is 24.2 Å². The molecule has 166 valence electrons. The van der Waals surface area contributed by atoms with Crippen molar-refractivity contribution in [2.24, 2.45) is 0 Å². The van der Waals surface area contributed by atoms with Crippen LogP contribution in [0.4, 0.5) is 4.79 Å². The lowest BCUT2D eigenvalue weighted by Crippen LogP contribution is -2.47. The molecule has 0 spiro atoms. The minimum absolute atomic E-state index is 0.0942. The molecule has 0 aliphatic carbocycles. The van der Waals surface area contributed by atoms with E-state index in [1.54, 1.807) is 30.7 Å². The normalized spacial score (nSPS) is 16.0. The average Bonchev–Trinajstić information content (AvgIpc) is 3.28. The smallest absolute Gasteiger partial charge is 0.338 e. The molecule has 3 heterocycles. The first-order valence-corrected chi connectivity index (χ1v) is 9.99. The Balaban J connectivity index is 1.75. The quantitative estimate of drug-likeness (QED) is 0.615. The van der Waals surface area contributed by atoms with Crippen LogP contribution in [0, 0.1) is 20.8 Å². The van der Waals surface area contributed by atoms with Crippen molar-refractivity contribution >= 4 is 18.0 Å². The molecular weight excluding hydrogens is 404 g/mol. The first kappa shape index (κ1) is 22.1. The van der Waals surface area contributed by atoms with Crippen LogP contribution >= 0.6 is 0 Å². The Morgan fingerprint density at radius 1 is 1.23 bits per heavy atom. The van der Waals surface area contributed by atoms with E-state index in [4.69, 9.17) is 13.9 Å². The highest BCUT2D eigenvalue weighted by atomic mass is 16.5. The number of urea groups is 1. The highest BCUT2D eigenvalue weighted by molar-refractivity contribution is 5.95. The highest BCUT2D eigenvalue weighted by Gasteiger charge is 2.36. The van der Waals surface area contributed by atoms with E-state index in [0.717, 1.165) is 11.4 Å². The van der Waals surface area contributed by atoms with E-state index >= 15 is 0 Å². The van der Waals surface area contributed by atoms with Crippen LogP contribution in [0.25, 0.3) is 0 Å². The van der Waals surface area contributed by atoms with Gasteiger partial charge in [-0.2, -0.15) is 5.10 Å². The zero-order valence-electron chi connectivity index (χ0n) is 18.0. The van der Waals surface area contributed by atoms with Gasteiger partial charge >= 0.3 is 18.0 Å². The molecule has 2 N–H and O–H groups in total. The summed E-state index contributed by atoms with van der Waals surface area (Å²) < 4.78 is 17.8. The number of ether oxygens (including phenoxy) is 2. The molecule has 0 radical (unpaired) electrons. The van der Waals surface area contributed by atoms with Crippen LogP contribution < -0.4 is 10.6 Å². The third-order valence-electron chi connectivity index (χ3n) is 4.70. The van der Waals surface area contributed by atoms with E-state index in [1.165, 1.54) is 0 Å². The second kappa shape index (κ2) is 9.50. The van der Waals surface area contributed by atoms with Crippen LogP contribution in [0.2, 0.25) is 0 Å². The number of nitrogens with one attached hydrogen (secondary N) is 2. The predicted molar refractivity (Wildman–Crippen MR) is 109 cm³/mol. The molecule has 1 unspecified atom stereocenters. The van der Waals surface area contributed by atoms with Crippen molar-refractivity contribution in [2.45, 2.75) is 46.7 Å². The van der Waals surface area contributed by atoms with E-state index in [2.05, 4.69) is 15.7 Å². The van der Waals surface area contributed by atoms with E-state index in [-0.39, 0.29) is 30.9 Å². The molecule has 10 heteroatoms. The van der Waals surface area contributed by atoms with Crippen molar-refractivity contribution in [3.63, 3.8) is 0 Å². The van der Waals surface area contributed by atoms with Gasteiger partial charge in [0.15, 0.2) is 0 Å². The molecule has 1 atom stereocenters. The molecule has 3 rings (SSSR count). The number of hydrogen-bond donors (Lipinski definition) is 2. The Labute approximate surface area is 179 Å². The van der Waals surface area contributed by atoms with Gasteiger partial charge in [-0.15, -0.1) is 0 Å². The molecule has 31 heavy (non-hydrogen) atoms. The van der Waals surface area contributed by atoms with E-state index in [0.29, 0.717) is 18.1 Å². The average molecular weight is 430 g/mol. The molecule has 0 fully saturated rings. The van der Waals surface area contributed by atoms with Gasteiger partial charge in [0.2, 0.25) is 0 Å². The summed E-state index contributed by atoms with van der Waals surface area (Å²) in [7, 11) is 0. The van der Waals surface area contributed by atoms with Crippen LogP contribution in [-0.2, 0) is 25.6 Å². The molecule has 0 saturated carbocycles. The lowest BCUT2D eigenvalue weighted by atomic mass is 10.0. The number of esters is 2. The maximum absolute atomic E-state index is 12.6. The van der Waals surface area contributed by atoms with Crippen LogP contribution in [0.15, 0.2) is 33.9 Å². The number of carbonyl (C=O) groups excluding carboxylic acids is 3. The molecule has 10 nitrogen and oxygen atoms in total. The standard InChI is InChI=1S/C21H26N4O6/c1-5-29-20(27)18-15(22-21(28)23-19(18)16-7-6-14(4)31-16)11-30-17(26)8-9-25-13(3)10-12(2)24-25/h6-7,10,19H,5,8-9,11H2,1-4H3,(H2,22,23,28). The third-order valence-corrected chi connectivity index (χ3v) is 4.70. The van der Waals surface area contributed by atoms with Crippen molar-refractivity contribution in [3.05, 3.63) is 52.4 Å². The van der Waals surface area contributed by atoms with Gasteiger partial charge in [0.25, 0.3) is 0 Å². The van der Waals surface area contributed by atoms with Gasteiger partial charge in [0.05, 0.1) is 36.5 Å². The Hall–Kier alpha value is -3.56. The van der Waals surface area contributed by atoms with Crippen molar-refractivity contribution < 1.29 is 28.3 Å². The Kier molecular flexibility index (Phi) is 6.78. The molecular formula is C21H26N4O6. The predicted octanol–water partition coefficient (Wildman–Crippen LogP) is 2.21. The van der Waals surface area contributed by atoms with E-state index < -0.39 is 24.0 Å². The Morgan fingerprint density at radius 3 is 2.61 bits per heavy atom. The summed E-state index contributed by atoms with van der Waals surface area (Å²) in [5, 5.41) is 9.51. The molecule has 2 aromatic rings. The first-order chi connectivity index (χ1) is 14.8. The lowest BCUT2D eigenvalue weighted by Gasteiger charge is -2.27. The monoisotopic (exact) mass is 430 g/mol. The minimum Gasteiger partial charge on any atom is -0.464 e. The van der Waals surface area contributed by atoms with Gasteiger partial charge in [-0.05, 0) is 45.9 Å². The van der Waals surface area contributed by atoms with Gasteiger partial charge in [0, 0.05) is 5.69 Å². The van der Waals surface area contributed by atoms with Crippen LogP contribution in [0.1, 0.15) is 42.3 Å². The fraction of sp³-hybridized carbons (Fsp3) is 0.429. The summed E-state index contributed by atoms with van der Waals surface area (Å²) in [6.07, 6.45) is 0.0942. The number of aryl methyl sites for hydroxylation is 4. The zero-order chi connectivity index (χ0) is 22.5. The van der Waals surface area contributed by atoms with Gasteiger partial charge in [-0.25, -0.2) is 9.59 Å². The number of amides is 2. The SMILES string of the molecule is CCOC(=O)C1=C(COC(=O)CCn2nc(C)cc2C)NC(=O)NC1c1ccc(C)o1. The molecule has 0 aromatic carbocycles. The number of carbonyl (C=O) groups is 3. The molecule has 1 aliphatic rings. The second-order valence-electron chi connectivity index (χ2n) is 7.15. The van der Waals surface area contributed by atoms with Crippen molar-refractivity contribution in [1.82, 2.24) is 20.4 Å². The van der Waals surface area contributed by atoms with Crippen LogP contribution in [0.5, 0.6) is 0 Å². The van der Waals surface area contributed by atoms with Gasteiger partial charge < -0.3 is 24.5 Å². The van der Waals surface area contributed by atoms with Crippen LogP contribution in [0.3, 0.4) is 0 Å². The number of hydrogen-bond acceptors (Lipinski definition) is 7. The largest absolute Gasteiger partial charge is 0.464 e. The Morgan fingerprint density at radius 2 is 2.00 bits per heavy atom. The topological polar surface area (TPSA) is 125 Å². The summed E-state index contributed by atoms with van der Waals surface area (Å²) in [5.41, 5.74) is 2.09. The summed E-state index contributed by atoms with van der Waals surface area (Å²) in [6.45, 7) is 7.45.